The van der Waals surface area contributed by atoms with Crippen LogP contribution >= 0.6 is 0 Å². The van der Waals surface area contributed by atoms with E-state index < -0.39 is 51.8 Å². The third-order valence-corrected chi connectivity index (χ3v) is 7.17. The molecule has 0 radical (unpaired) electrons. The minimum atomic E-state index is -3.62. The molecule has 2 aliphatic rings. The van der Waals surface area contributed by atoms with Gasteiger partial charge in [-0.25, -0.2) is 17.2 Å². The standard InChI is InChI=1S/C18H20F2N2O4S/c1-2-16(23)22-12-18(19,20)10-15(22)17(24)21-9-8-14(11-21)27(25,26)13-6-4-3-5-7-13/h2-7,14-15H,1,8-12H2/t14?,15-/m1/s1. The van der Waals surface area contributed by atoms with E-state index in [4.69, 9.17) is 0 Å². The lowest BCUT2D eigenvalue weighted by Crippen LogP contribution is -2.47. The number of rotatable bonds is 4. The highest BCUT2D eigenvalue weighted by Gasteiger charge is 2.51. The first kappa shape index (κ1) is 19.5. The van der Waals surface area contributed by atoms with Gasteiger partial charge in [-0.1, -0.05) is 24.8 Å². The third kappa shape index (κ3) is 3.73. The van der Waals surface area contributed by atoms with Crippen molar-refractivity contribution < 1.29 is 26.8 Å². The van der Waals surface area contributed by atoms with Crippen molar-refractivity contribution in [2.24, 2.45) is 0 Å². The second-order valence-electron chi connectivity index (χ2n) is 6.80. The number of hydrogen-bond acceptors (Lipinski definition) is 4. The van der Waals surface area contributed by atoms with Gasteiger partial charge in [-0.3, -0.25) is 9.59 Å². The molecule has 1 unspecified atom stereocenters. The third-order valence-electron chi connectivity index (χ3n) is 4.98. The predicted octanol–water partition coefficient (Wildman–Crippen LogP) is 1.48. The highest BCUT2D eigenvalue weighted by molar-refractivity contribution is 7.92. The summed E-state index contributed by atoms with van der Waals surface area (Å²) in [6.07, 6.45) is 0.355. The van der Waals surface area contributed by atoms with Crippen LogP contribution in [0.1, 0.15) is 12.8 Å². The van der Waals surface area contributed by atoms with Gasteiger partial charge in [-0.15, -0.1) is 0 Å². The van der Waals surface area contributed by atoms with E-state index in [1.807, 2.05) is 0 Å². The zero-order chi connectivity index (χ0) is 19.8. The highest BCUT2D eigenvalue weighted by Crippen LogP contribution is 2.34. The van der Waals surface area contributed by atoms with Gasteiger partial charge in [-0.2, -0.15) is 0 Å². The van der Waals surface area contributed by atoms with Crippen LogP contribution < -0.4 is 0 Å². The molecule has 0 spiro atoms. The first-order chi connectivity index (χ1) is 12.7. The Bertz CT molecular complexity index is 857. The molecule has 9 heteroatoms. The van der Waals surface area contributed by atoms with Crippen molar-refractivity contribution in [2.45, 2.75) is 35.0 Å². The van der Waals surface area contributed by atoms with Gasteiger partial charge in [0, 0.05) is 19.5 Å². The second-order valence-corrected chi connectivity index (χ2v) is 9.03. The molecule has 1 aromatic carbocycles. The maximum atomic E-state index is 13.8. The van der Waals surface area contributed by atoms with Crippen LogP contribution in [0, 0.1) is 0 Å². The quantitative estimate of drug-likeness (QED) is 0.720. The number of likely N-dealkylation sites (tertiary alicyclic amines) is 2. The molecule has 2 heterocycles. The highest BCUT2D eigenvalue weighted by atomic mass is 32.2. The SMILES string of the molecule is C=CC(=O)N1CC(F)(F)C[C@@H]1C(=O)N1CCC(S(=O)(=O)c2ccccc2)C1. The van der Waals surface area contributed by atoms with Gasteiger partial charge >= 0.3 is 0 Å². The summed E-state index contributed by atoms with van der Waals surface area (Å²) in [5.41, 5.74) is 0. The molecule has 146 valence electrons. The molecular weight excluding hydrogens is 378 g/mol. The van der Waals surface area contributed by atoms with Gasteiger partial charge in [0.25, 0.3) is 5.92 Å². The Kier molecular flexibility index (Phi) is 5.07. The fraction of sp³-hybridized carbons (Fsp3) is 0.444. The Labute approximate surface area is 156 Å². The minimum Gasteiger partial charge on any atom is -0.340 e. The van der Waals surface area contributed by atoms with E-state index in [9.17, 15) is 26.8 Å². The van der Waals surface area contributed by atoms with Crippen LogP contribution in [0.15, 0.2) is 47.9 Å². The molecule has 0 bridgehead atoms. The van der Waals surface area contributed by atoms with E-state index in [2.05, 4.69) is 6.58 Å². The number of hydrogen-bond donors (Lipinski definition) is 0. The molecule has 1 aromatic rings. The van der Waals surface area contributed by atoms with Crippen LogP contribution in [0.5, 0.6) is 0 Å². The molecule has 0 aliphatic carbocycles. The Balaban J connectivity index is 1.76. The van der Waals surface area contributed by atoms with Crippen molar-refractivity contribution in [1.29, 1.82) is 0 Å². The van der Waals surface area contributed by atoms with Gasteiger partial charge in [0.15, 0.2) is 9.84 Å². The smallest absolute Gasteiger partial charge is 0.267 e. The fourth-order valence-corrected chi connectivity index (χ4v) is 5.29. The lowest BCUT2D eigenvalue weighted by atomic mass is 10.1. The molecule has 2 atom stereocenters. The average Bonchev–Trinajstić information content (AvgIpc) is 3.26. The van der Waals surface area contributed by atoms with Crippen molar-refractivity contribution in [1.82, 2.24) is 9.80 Å². The van der Waals surface area contributed by atoms with Crippen molar-refractivity contribution >= 4 is 21.7 Å². The molecule has 6 nitrogen and oxygen atoms in total. The van der Waals surface area contributed by atoms with Crippen molar-refractivity contribution in [3.05, 3.63) is 43.0 Å². The molecule has 0 saturated carbocycles. The maximum absolute atomic E-state index is 13.8. The van der Waals surface area contributed by atoms with E-state index in [0.717, 1.165) is 11.0 Å². The van der Waals surface area contributed by atoms with E-state index in [1.54, 1.807) is 18.2 Å². The average molecular weight is 398 g/mol. The minimum absolute atomic E-state index is 0.0751. The summed E-state index contributed by atoms with van der Waals surface area (Å²) in [5.74, 6) is -4.54. The van der Waals surface area contributed by atoms with Gasteiger partial charge < -0.3 is 9.80 Å². The number of carbonyl (C=O) groups is 2. The second kappa shape index (κ2) is 7.03. The Hall–Kier alpha value is -2.29. The number of sulfone groups is 1. The van der Waals surface area contributed by atoms with Gasteiger partial charge in [-0.05, 0) is 24.6 Å². The summed E-state index contributed by atoms with van der Waals surface area (Å²) in [6.45, 7) is 2.51. The molecule has 3 rings (SSSR count). The molecule has 2 aliphatic heterocycles. The molecule has 0 N–H and O–H groups in total. The Morgan fingerprint density at radius 3 is 2.52 bits per heavy atom. The summed E-state index contributed by atoms with van der Waals surface area (Å²) < 4.78 is 53.0. The molecular formula is C18H20F2N2O4S. The number of carbonyl (C=O) groups excluding carboxylic acids is 2. The van der Waals surface area contributed by atoms with Gasteiger partial charge in [0.05, 0.1) is 16.7 Å². The normalized spacial score (nSPS) is 24.8. The number of halogens is 2. The summed E-state index contributed by atoms with van der Waals surface area (Å²) in [6, 6.07) is 6.61. The number of amides is 2. The number of benzene rings is 1. The van der Waals surface area contributed by atoms with Crippen molar-refractivity contribution in [2.75, 3.05) is 19.6 Å². The zero-order valence-electron chi connectivity index (χ0n) is 14.6. The molecule has 0 aromatic heterocycles. The molecule has 27 heavy (non-hydrogen) atoms. The number of alkyl halides is 2. The monoisotopic (exact) mass is 398 g/mol. The van der Waals surface area contributed by atoms with Crippen LogP contribution in [0.4, 0.5) is 8.78 Å². The topological polar surface area (TPSA) is 74.8 Å². The molecule has 2 fully saturated rings. The van der Waals surface area contributed by atoms with Crippen LogP contribution in [-0.2, 0) is 19.4 Å². The van der Waals surface area contributed by atoms with Gasteiger partial charge in [0.1, 0.15) is 6.04 Å². The maximum Gasteiger partial charge on any atom is 0.267 e. The molecule has 2 amide bonds. The van der Waals surface area contributed by atoms with E-state index >= 15 is 0 Å². The van der Waals surface area contributed by atoms with Crippen LogP contribution in [-0.4, -0.2) is 66.9 Å². The van der Waals surface area contributed by atoms with Crippen LogP contribution in [0.25, 0.3) is 0 Å². The Morgan fingerprint density at radius 1 is 1.22 bits per heavy atom. The zero-order valence-corrected chi connectivity index (χ0v) is 15.4. The first-order valence-corrected chi connectivity index (χ1v) is 10.1. The van der Waals surface area contributed by atoms with E-state index in [0.29, 0.717) is 0 Å². The predicted molar refractivity (Wildman–Crippen MR) is 93.9 cm³/mol. The van der Waals surface area contributed by atoms with Crippen LogP contribution in [0.2, 0.25) is 0 Å². The lowest BCUT2D eigenvalue weighted by molar-refractivity contribution is -0.140. The summed E-state index contributed by atoms with van der Waals surface area (Å²) in [4.78, 5) is 26.8. The van der Waals surface area contributed by atoms with Crippen molar-refractivity contribution in [3.63, 3.8) is 0 Å². The Morgan fingerprint density at radius 2 is 1.89 bits per heavy atom. The lowest BCUT2D eigenvalue weighted by Gasteiger charge is -2.26. The van der Waals surface area contributed by atoms with E-state index in [-0.39, 0.29) is 24.4 Å². The number of nitrogens with zero attached hydrogens (tertiary/aromatic N) is 2. The fourth-order valence-electron chi connectivity index (χ4n) is 3.58. The van der Waals surface area contributed by atoms with Crippen LogP contribution in [0.3, 0.4) is 0 Å². The summed E-state index contributed by atoms with van der Waals surface area (Å²) in [5, 5.41) is -0.797. The van der Waals surface area contributed by atoms with E-state index in [1.165, 1.54) is 17.0 Å². The summed E-state index contributed by atoms with van der Waals surface area (Å²) in [7, 11) is -3.62. The first-order valence-electron chi connectivity index (χ1n) is 8.54. The van der Waals surface area contributed by atoms with Crippen molar-refractivity contribution in [3.8, 4) is 0 Å². The summed E-state index contributed by atoms with van der Waals surface area (Å²) >= 11 is 0. The molecule has 2 saturated heterocycles. The largest absolute Gasteiger partial charge is 0.340 e. The van der Waals surface area contributed by atoms with Gasteiger partial charge in [0.2, 0.25) is 11.8 Å².